The average molecular weight is 361 g/mol. The number of anilines is 1. The van der Waals surface area contributed by atoms with Crippen molar-refractivity contribution < 1.29 is 4.74 Å². The molecule has 0 atom stereocenters. The molecule has 0 aliphatic heterocycles. The number of nitrogens with one attached hydrogen (secondary N) is 1. The van der Waals surface area contributed by atoms with Crippen LogP contribution in [0, 0.1) is 0 Å². The van der Waals surface area contributed by atoms with Gasteiger partial charge in [-0.15, -0.1) is 0 Å². The van der Waals surface area contributed by atoms with Gasteiger partial charge in [-0.3, -0.25) is 4.40 Å². The molecular formula is C20H19N5O2. The van der Waals surface area contributed by atoms with E-state index in [1.54, 1.807) is 37.1 Å². The standard InChI is InChI=1S/C20H19N5O2/c1-24-13-17(16-9-6-10-21-19(16)27-2)18-23-15(12-25(18)20(24)26)11-22-14-7-4-3-5-8-14/h3-10,12-13,22H,11H2,1-2H3. The van der Waals surface area contributed by atoms with E-state index >= 15 is 0 Å². The Morgan fingerprint density at radius 1 is 1.07 bits per heavy atom. The number of methoxy groups -OCH3 is 1. The quantitative estimate of drug-likeness (QED) is 0.592. The summed E-state index contributed by atoms with van der Waals surface area (Å²) in [5.41, 5.74) is 3.76. The number of imidazole rings is 1. The first kappa shape index (κ1) is 16.8. The molecule has 1 aromatic carbocycles. The van der Waals surface area contributed by atoms with Gasteiger partial charge in [0.2, 0.25) is 5.88 Å². The predicted octanol–water partition coefficient (Wildman–Crippen LogP) is 2.72. The lowest BCUT2D eigenvalue weighted by atomic mass is 10.1. The van der Waals surface area contributed by atoms with Crippen molar-refractivity contribution in [2.45, 2.75) is 6.54 Å². The Morgan fingerprint density at radius 3 is 2.67 bits per heavy atom. The summed E-state index contributed by atoms with van der Waals surface area (Å²) in [4.78, 5) is 21.5. The van der Waals surface area contributed by atoms with Crippen LogP contribution >= 0.6 is 0 Å². The lowest BCUT2D eigenvalue weighted by molar-refractivity contribution is 0.399. The summed E-state index contributed by atoms with van der Waals surface area (Å²) in [5, 5.41) is 3.32. The number of nitrogens with zero attached hydrogens (tertiary/aromatic N) is 4. The van der Waals surface area contributed by atoms with Gasteiger partial charge < -0.3 is 14.6 Å². The van der Waals surface area contributed by atoms with Gasteiger partial charge in [0, 0.05) is 42.5 Å². The van der Waals surface area contributed by atoms with Gasteiger partial charge in [-0.05, 0) is 24.3 Å². The average Bonchev–Trinajstić information content (AvgIpc) is 3.14. The fourth-order valence-electron chi connectivity index (χ4n) is 3.02. The molecule has 0 aliphatic carbocycles. The third-order valence-electron chi connectivity index (χ3n) is 4.33. The largest absolute Gasteiger partial charge is 0.481 e. The van der Waals surface area contributed by atoms with Crippen LogP contribution in [-0.2, 0) is 13.6 Å². The van der Waals surface area contributed by atoms with Crippen LogP contribution in [0.1, 0.15) is 5.69 Å². The van der Waals surface area contributed by atoms with E-state index in [4.69, 9.17) is 4.74 Å². The van der Waals surface area contributed by atoms with Gasteiger partial charge in [0.05, 0.1) is 19.3 Å². The van der Waals surface area contributed by atoms with Crippen LogP contribution in [0.15, 0.2) is 65.8 Å². The molecule has 0 fully saturated rings. The molecular weight excluding hydrogens is 342 g/mol. The maximum atomic E-state index is 12.6. The van der Waals surface area contributed by atoms with Crippen molar-refractivity contribution in [2.75, 3.05) is 12.4 Å². The number of aryl methyl sites for hydroxylation is 1. The van der Waals surface area contributed by atoms with Gasteiger partial charge in [-0.2, -0.15) is 0 Å². The molecule has 0 saturated carbocycles. The molecule has 3 aromatic heterocycles. The highest BCUT2D eigenvalue weighted by atomic mass is 16.5. The normalized spacial score (nSPS) is 10.9. The van der Waals surface area contributed by atoms with E-state index in [1.807, 2.05) is 42.5 Å². The minimum absolute atomic E-state index is 0.157. The molecule has 1 N–H and O–H groups in total. The van der Waals surface area contributed by atoms with E-state index < -0.39 is 0 Å². The Bertz CT molecular complexity index is 1150. The van der Waals surface area contributed by atoms with Crippen molar-refractivity contribution in [3.05, 3.63) is 77.2 Å². The zero-order valence-electron chi connectivity index (χ0n) is 15.1. The number of hydrogen-bond donors (Lipinski definition) is 1. The Labute approximate surface area is 155 Å². The van der Waals surface area contributed by atoms with E-state index in [0.29, 0.717) is 18.1 Å². The van der Waals surface area contributed by atoms with Gasteiger partial charge in [-0.25, -0.2) is 14.8 Å². The number of fused-ring (bicyclic) bond motifs is 1. The second kappa shape index (κ2) is 6.95. The highest BCUT2D eigenvalue weighted by Crippen LogP contribution is 2.29. The van der Waals surface area contributed by atoms with Crippen LogP contribution in [0.25, 0.3) is 16.8 Å². The first-order valence-corrected chi connectivity index (χ1v) is 8.53. The van der Waals surface area contributed by atoms with Gasteiger partial charge in [0.15, 0.2) is 5.65 Å². The number of benzene rings is 1. The summed E-state index contributed by atoms with van der Waals surface area (Å²) in [5.74, 6) is 0.491. The molecule has 0 amide bonds. The Kier molecular flexibility index (Phi) is 4.33. The van der Waals surface area contributed by atoms with E-state index in [-0.39, 0.29) is 5.69 Å². The highest BCUT2D eigenvalue weighted by Gasteiger charge is 2.16. The summed E-state index contributed by atoms with van der Waals surface area (Å²) in [6, 6.07) is 13.6. The first-order chi connectivity index (χ1) is 13.2. The molecule has 0 bridgehead atoms. The number of hydrogen-bond acceptors (Lipinski definition) is 5. The molecule has 0 unspecified atom stereocenters. The number of pyridine rings is 1. The minimum Gasteiger partial charge on any atom is -0.481 e. The Morgan fingerprint density at radius 2 is 1.89 bits per heavy atom. The van der Waals surface area contributed by atoms with Crippen LogP contribution in [0.5, 0.6) is 5.88 Å². The van der Waals surface area contributed by atoms with E-state index in [1.165, 1.54) is 4.57 Å². The van der Waals surface area contributed by atoms with Crippen molar-refractivity contribution >= 4 is 11.3 Å². The molecule has 0 aliphatic rings. The van der Waals surface area contributed by atoms with Gasteiger partial charge in [-0.1, -0.05) is 18.2 Å². The number of rotatable bonds is 5. The lowest BCUT2D eigenvalue weighted by Gasteiger charge is -2.09. The monoisotopic (exact) mass is 361 g/mol. The topological polar surface area (TPSA) is 73.5 Å². The zero-order chi connectivity index (χ0) is 18.8. The minimum atomic E-state index is -0.157. The first-order valence-electron chi connectivity index (χ1n) is 8.53. The number of para-hydroxylation sites is 1. The molecule has 7 nitrogen and oxygen atoms in total. The predicted molar refractivity (Wildman–Crippen MR) is 104 cm³/mol. The van der Waals surface area contributed by atoms with E-state index in [0.717, 1.165) is 22.5 Å². The van der Waals surface area contributed by atoms with Crippen LogP contribution < -0.4 is 15.7 Å². The van der Waals surface area contributed by atoms with Crippen LogP contribution in [0.4, 0.5) is 5.69 Å². The third kappa shape index (κ3) is 3.15. The molecule has 4 aromatic rings. The van der Waals surface area contributed by atoms with E-state index in [9.17, 15) is 4.79 Å². The summed E-state index contributed by atoms with van der Waals surface area (Å²) in [6.07, 6.45) is 5.20. The maximum Gasteiger partial charge on any atom is 0.333 e. The third-order valence-corrected chi connectivity index (χ3v) is 4.33. The fraction of sp³-hybridized carbons (Fsp3) is 0.150. The molecule has 4 rings (SSSR count). The molecule has 0 saturated heterocycles. The molecule has 0 spiro atoms. The SMILES string of the molecule is COc1ncccc1-c1cn(C)c(=O)n2cc(CNc3ccccc3)nc12. The zero-order valence-corrected chi connectivity index (χ0v) is 15.1. The summed E-state index contributed by atoms with van der Waals surface area (Å²) in [7, 11) is 3.29. The lowest BCUT2D eigenvalue weighted by Crippen LogP contribution is -2.23. The number of ether oxygens (including phenoxy) is 1. The van der Waals surface area contributed by atoms with Crippen LogP contribution in [0.3, 0.4) is 0 Å². The van der Waals surface area contributed by atoms with Gasteiger partial charge >= 0.3 is 5.69 Å². The smallest absolute Gasteiger partial charge is 0.333 e. The summed E-state index contributed by atoms with van der Waals surface area (Å²) in [6.45, 7) is 0.512. The van der Waals surface area contributed by atoms with Crippen molar-refractivity contribution in [1.82, 2.24) is 18.9 Å². The molecule has 136 valence electrons. The van der Waals surface area contributed by atoms with Gasteiger partial charge in [0.1, 0.15) is 0 Å². The number of aromatic nitrogens is 4. The van der Waals surface area contributed by atoms with Crippen molar-refractivity contribution in [2.24, 2.45) is 7.05 Å². The van der Waals surface area contributed by atoms with E-state index in [2.05, 4.69) is 15.3 Å². The summed E-state index contributed by atoms with van der Waals surface area (Å²) < 4.78 is 8.47. The molecule has 0 radical (unpaired) electrons. The van der Waals surface area contributed by atoms with Crippen LogP contribution in [-0.4, -0.2) is 26.0 Å². The Hall–Kier alpha value is -3.61. The van der Waals surface area contributed by atoms with Crippen molar-refractivity contribution in [3.63, 3.8) is 0 Å². The summed E-state index contributed by atoms with van der Waals surface area (Å²) >= 11 is 0. The molecule has 3 heterocycles. The van der Waals surface area contributed by atoms with Crippen molar-refractivity contribution in [3.8, 4) is 17.0 Å². The Balaban J connectivity index is 1.80. The second-order valence-electron chi connectivity index (χ2n) is 6.14. The fourth-order valence-corrected chi connectivity index (χ4v) is 3.02. The molecule has 7 heteroatoms. The van der Waals surface area contributed by atoms with Crippen LogP contribution in [0.2, 0.25) is 0 Å². The van der Waals surface area contributed by atoms with Gasteiger partial charge in [0.25, 0.3) is 0 Å². The second-order valence-corrected chi connectivity index (χ2v) is 6.14. The van der Waals surface area contributed by atoms with Crippen molar-refractivity contribution in [1.29, 1.82) is 0 Å². The molecule has 27 heavy (non-hydrogen) atoms. The maximum absolute atomic E-state index is 12.6. The highest BCUT2D eigenvalue weighted by molar-refractivity contribution is 5.80.